The highest BCUT2D eigenvalue weighted by Gasteiger charge is 2.30. The minimum absolute atomic E-state index is 0.103. The van der Waals surface area contributed by atoms with E-state index in [9.17, 15) is 9.18 Å². The lowest BCUT2D eigenvalue weighted by atomic mass is 10.2. The van der Waals surface area contributed by atoms with Crippen LogP contribution in [0.1, 0.15) is 35.0 Å². The second-order valence-corrected chi connectivity index (χ2v) is 6.12. The number of rotatable bonds is 3. The lowest BCUT2D eigenvalue weighted by Crippen LogP contribution is -2.49. The van der Waals surface area contributed by atoms with E-state index in [4.69, 9.17) is 4.52 Å². The predicted molar refractivity (Wildman–Crippen MR) is 83.0 cm³/mol. The fourth-order valence-corrected chi connectivity index (χ4v) is 2.97. The Bertz CT molecular complexity index is 718. The number of amides is 1. The van der Waals surface area contributed by atoms with Crippen LogP contribution in [0.15, 0.2) is 34.9 Å². The first-order valence-corrected chi connectivity index (χ1v) is 7.98. The molecule has 5 nitrogen and oxygen atoms in total. The molecule has 6 heteroatoms. The third-order valence-electron chi connectivity index (χ3n) is 4.49. The maximum Gasteiger partial charge on any atom is 0.276 e. The van der Waals surface area contributed by atoms with Gasteiger partial charge in [0, 0.05) is 38.2 Å². The van der Waals surface area contributed by atoms with Crippen LogP contribution >= 0.6 is 0 Å². The second-order valence-electron chi connectivity index (χ2n) is 6.12. The molecule has 1 amide bonds. The number of benzene rings is 1. The zero-order valence-corrected chi connectivity index (χ0v) is 12.7. The van der Waals surface area contributed by atoms with Crippen LogP contribution in [0.25, 0.3) is 0 Å². The van der Waals surface area contributed by atoms with E-state index < -0.39 is 0 Å². The number of carbonyl (C=O) groups excluding carboxylic acids is 1. The molecule has 0 atom stereocenters. The quantitative estimate of drug-likeness (QED) is 0.874. The summed E-state index contributed by atoms with van der Waals surface area (Å²) in [6.45, 7) is 2.33. The van der Waals surface area contributed by atoms with Crippen molar-refractivity contribution in [3.8, 4) is 0 Å². The highest BCUT2D eigenvalue weighted by atomic mass is 19.1. The summed E-state index contributed by atoms with van der Waals surface area (Å²) in [7, 11) is 0. The van der Waals surface area contributed by atoms with Crippen LogP contribution in [0.2, 0.25) is 0 Å². The molecule has 0 radical (unpaired) electrons. The summed E-state index contributed by atoms with van der Waals surface area (Å²) >= 11 is 0. The number of hydrogen-bond donors (Lipinski definition) is 0. The first-order chi connectivity index (χ1) is 11.2. The average Bonchev–Trinajstić information content (AvgIpc) is 3.32. The van der Waals surface area contributed by atoms with Gasteiger partial charge in [0.1, 0.15) is 11.6 Å². The summed E-state index contributed by atoms with van der Waals surface area (Å²) in [5, 5.41) is 3.90. The highest BCUT2D eigenvalue weighted by molar-refractivity contribution is 5.92. The number of nitrogens with zero attached hydrogens (tertiary/aromatic N) is 3. The Morgan fingerprint density at radius 1 is 1.17 bits per heavy atom. The van der Waals surface area contributed by atoms with Crippen LogP contribution in [-0.2, 0) is 0 Å². The summed E-state index contributed by atoms with van der Waals surface area (Å²) in [4.78, 5) is 16.2. The van der Waals surface area contributed by atoms with Crippen LogP contribution in [0.4, 0.5) is 10.1 Å². The van der Waals surface area contributed by atoms with Gasteiger partial charge >= 0.3 is 0 Å². The number of hydrogen-bond acceptors (Lipinski definition) is 4. The number of para-hydroxylation sites is 1. The lowest BCUT2D eigenvalue weighted by Gasteiger charge is -2.35. The first-order valence-electron chi connectivity index (χ1n) is 7.98. The lowest BCUT2D eigenvalue weighted by molar-refractivity contribution is 0.0736. The molecule has 4 rings (SSSR count). The van der Waals surface area contributed by atoms with Crippen molar-refractivity contribution in [1.29, 1.82) is 0 Å². The van der Waals surface area contributed by atoms with E-state index in [1.54, 1.807) is 23.1 Å². The summed E-state index contributed by atoms with van der Waals surface area (Å²) in [6, 6.07) is 8.50. The van der Waals surface area contributed by atoms with E-state index in [1.807, 2.05) is 11.0 Å². The molecule has 1 aromatic carbocycles. The van der Waals surface area contributed by atoms with Crippen molar-refractivity contribution >= 4 is 11.6 Å². The largest absolute Gasteiger partial charge is 0.366 e. The van der Waals surface area contributed by atoms with Gasteiger partial charge in [-0.15, -0.1) is 0 Å². The molecule has 1 aliphatic carbocycles. The predicted octanol–water partition coefficient (Wildman–Crippen LogP) is 2.65. The van der Waals surface area contributed by atoms with Gasteiger partial charge in [0.2, 0.25) is 0 Å². The Balaban J connectivity index is 1.40. The molecule has 23 heavy (non-hydrogen) atoms. The first kappa shape index (κ1) is 14.2. The molecule has 120 valence electrons. The molecule has 0 N–H and O–H groups in total. The molecule has 2 fully saturated rings. The topological polar surface area (TPSA) is 49.6 Å². The fraction of sp³-hybridized carbons (Fsp3) is 0.412. The van der Waals surface area contributed by atoms with Crippen molar-refractivity contribution < 1.29 is 13.7 Å². The number of halogens is 1. The smallest absolute Gasteiger partial charge is 0.276 e. The van der Waals surface area contributed by atoms with Gasteiger partial charge in [-0.3, -0.25) is 4.79 Å². The number of anilines is 1. The highest BCUT2D eigenvalue weighted by Crippen LogP contribution is 2.40. The van der Waals surface area contributed by atoms with E-state index in [0.29, 0.717) is 43.5 Å². The van der Waals surface area contributed by atoms with Crippen LogP contribution in [0.5, 0.6) is 0 Å². The number of aromatic nitrogens is 1. The van der Waals surface area contributed by atoms with E-state index in [0.717, 1.165) is 18.6 Å². The van der Waals surface area contributed by atoms with Gasteiger partial charge in [0.15, 0.2) is 5.69 Å². The zero-order valence-electron chi connectivity index (χ0n) is 12.7. The molecular formula is C17H18FN3O2. The second kappa shape index (κ2) is 5.68. The van der Waals surface area contributed by atoms with Crippen LogP contribution in [0, 0.1) is 5.82 Å². The minimum atomic E-state index is -0.224. The van der Waals surface area contributed by atoms with Crippen molar-refractivity contribution in [2.24, 2.45) is 0 Å². The summed E-state index contributed by atoms with van der Waals surface area (Å²) in [6.07, 6.45) is 2.23. The van der Waals surface area contributed by atoms with Gasteiger partial charge in [0.25, 0.3) is 5.91 Å². The normalized spacial score (nSPS) is 18.3. The summed E-state index contributed by atoms with van der Waals surface area (Å²) in [5.74, 6) is 0.937. The van der Waals surface area contributed by atoms with Gasteiger partial charge in [-0.2, -0.15) is 0 Å². The molecule has 2 aromatic rings. The molecule has 0 unspecified atom stereocenters. The zero-order chi connectivity index (χ0) is 15.8. The average molecular weight is 315 g/mol. The Kier molecular flexibility index (Phi) is 3.52. The van der Waals surface area contributed by atoms with Crippen LogP contribution in [-0.4, -0.2) is 42.1 Å². The molecule has 0 bridgehead atoms. The fourth-order valence-electron chi connectivity index (χ4n) is 2.97. The van der Waals surface area contributed by atoms with Crippen molar-refractivity contribution in [2.75, 3.05) is 31.1 Å². The Morgan fingerprint density at radius 3 is 2.61 bits per heavy atom. The maximum absolute atomic E-state index is 13.8. The third kappa shape index (κ3) is 2.81. The molecule has 1 saturated heterocycles. The van der Waals surface area contributed by atoms with E-state index in [-0.39, 0.29) is 11.7 Å². The molecule has 1 saturated carbocycles. The molecule has 2 aliphatic rings. The van der Waals surface area contributed by atoms with Gasteiger partial charge in [0.05, 0.1) is 5.69 Å². The number of piperazine rings is 1. The summed E-state index contributed by atoms with van der Waals surface area (Å²) in [5.41, 5.74) is 0.975. The van der Waals surface area contributed by atoms with Crippen molar-refractivity contribution in [2.45, 2.75) is 18.8 Å². The van der Waals surface area contributed by atoms with Gasteiger partial charge < -0.3 is 14.3 Å². The van der Waals surface area contributed by atoms with Crippen molar-refractivity contribution in [1.82, 2.24) is 10.1 Å². The molecular weight excluding hydrogens is 297 g/mol. The number of carbonyl (C=O) groups is 1. The third-order valence-corrected chi connectivity index (χ3v) is 4.49. The van der Waals surface area contributed by atoms with Crippen LogP contribution in [0.3, 0.4) is 0 Å². The monoisotopic (exact) mass is 315 g/mol. The molecule has 2 heterocycles. The van der Waals surface area contributed by atoms with E-state index >= 15 is 0 Å². The van der Waals surface area contributed by atoms with E-state index in [1.165, 1.54) is 6.07 Å². The van der Waals surface area contributed by atoms with E-state index in [2.05, 4.69) is 5.16 Å². The van der Waals surface area contributed by atoms with Crippen molar-refractivity contribution in [3.63, 3.8) is 0 Å². The van der Waals surface area contributed by atoms with Gasteiger partial charge in [-0.25, -0.2) is 4.39 Å². The molecule has 0 spiro atoms. The van der Waals surface area contributed by atoms with Gasteiger partial charge in [-0.05, 0) is 25.0 Å². The Hall–Kier alpha value is -2.37. The standard InChI is InChI=1S/C17H18FN3O2/c18-13-3-1-2-4-15(13)20-7-9-21(10-8-20)17(22)14-11-16(23-19-14)12-5-6-12/h1-4,11-12H,5-10H2. The SMILES string of the molecule is O=C(c1cc(C2CC2)on1)N1CCN(c2ccccc2F)CC1. The summed E-state index contributed by atoms with van der Waals surface area (Å²) < 4.78 is 19.1. The maximum atomic E-state index is 13.8. The van der Waals surface area contributed by atoms with Crippen LogP contribution < -0.4 is 4.90 Å². The molecule has 1 aromatic heterocycles. The molecule has 1 aliphatic heterocycles. The Labute approximate surface area is 133 Å². The van der Waals surface area contributed by atoms with Gasteiger partial charge in [-0.1, -0.05) is 17.3 Å². The minimum Gasteiger partial charge on any atom is -0.366 e. The van der Waals surface area contributed by atoms with Crippen molar-refractivity contribution in [3.05, 3.63) is 47.6 Å². The Morgan fingerprint density at radius 2 is 1.91 bits per heavy atom.